The van der Waals surface area contributed by atoms with Crippen LogP contribution in [0.4, 0.5) is 0 Å². The van der Waals surface area contributed by atoms with Crippen molar-refractivity contribution in [2.75, 3.05) is 13.2 Å². The Kier molecular flexibility index (Phi) is 4.57. The van der Waals surface area contributed by atoms with Crippen LogP contribution >= 0.6 is 0 Å². The van der Waals surface area contributed by atoms with E-state index in [1.54, 1.807) is 12.5 Å². The Bertz CT molecular complexity index is 979. The summed E-state index contributed by atoms with van der Waals surface area (Å²) < 4.78 is 13.3. The Morgan fingerprint density at radius 3 is 2.85 bits per heavy atom. The minimum atomic E-state index is -0.735. The normalized spacial score (nSPS) is 12.2. The number of benzene rings is 2. The number of aromatic amines is 1. The molecule has 26 heavy (non-hydrogen) atoms. The molecule has 0 aliphatic heterocycles. The number of nitrogens with zero attached hydrogens (tertiary/aromatic N) is 2. The predicted molar refractivity (Wildman–Crippen MR) is 98.9 cm³/mol. The third-order valence-electron chi connectivity index (χ3n) is 4.05. The molecule has 1 atom stereocenters. The van der Waals surface area contributed by atoms with Gasteiger partial charge in [0.1, 0.15) is 30.8 Å². The van der Waals surface area contributed by atoms with Crippen LogP contribution in [0.2, 0.25) is 0 Å². The molecule has 2 N–H and O–H groups in total. The second-order valence-corrected chi connectivity index (χ2v) is 5.94. The Morgan fingerprint density at radius 1 is 1.08 bits per heavy atom. The number of aliphatic hydroxyl groups excluding tert-OH is 1. The largest absolute Gasteiger partial charge is 0.491 e. The van der Waals surface area contributed by atoms with Crippen LogP contribution in [-0.2, 0) is 0 Å². The van der Waals surface area contributed by atoms with Crippen molar-refractivity contribution in [2.24, 2.45) is 0 Å². The summed E-state index contributed by atoms with van der Waals surface area (Å²) in [7, 11) is 0. The van der Waals surface area contributed by atoms with Crippen molar-refractivity contribution in [2.45, 2.75) is 6.10 Å². The standard InChI is InChI=1S/C20H19N3O3/c24-16(13-26-20-6-2-5-19-18(20)7-8-22-19)12-25-17-4-1-3-15(11-17)23-10-9-21-14-23/h1-11,14,16,22,24H,12-13H2. The topological polar surface area (TPSA) is 72.3 Å². The second-order valence-electron chi connectivity index (χ2n) is 5.94. The third kappa shape index (κ3) is 3.55. The molecule has 0 fully saturated rings. The van der Waals surface area contributed by atoms with Gasteiger partial charge in [0.25, 0.3) is 0 Å². The second kappa shape index (κ2) is 7.33. The van der Waals surface area contributed by atoms with Crippen LogP contribution in [0.3, 0.4) is 0 Å². The highest BCUT2D eigenvalue weighted by molar-refractivity contribution is 5.85. The van der Waals surface area contributed by atoms with Crippen LogP contribution < -0.4 is 9.47 Å². The number of imidazole rings is 1. The first kappa shape index (κ1) is 16.2. The molecule has 2 heterocycles. The molecular formula is C20H19N3O3. The molecule has 6 nitrogen and oxygen atoms in total. The van der Waals surface area contributed by atoms with E-state index in [1.807, 2.05) is 65.5 Å². The molecule has 4 rings (SSSR count). The summed E-state index contributed by atoms with van der Waals surface area (Å²) in [6.45, 7) is 0.308. The maximum atomic E-state index is 10.2. The fraction of sp³-hybridized carbons (Fsp3) is 0.150. The van der Waals surface area contributed by atoms with Crippen molar-refractivity contribution < 1.29 is 14.6 Å². The van der Waals surface area contributed by atoms with Gasteiger partial charge in [-0.2, -0.15) is 0 Å². The van der Waals surface area contributed by atoms with Gasteiger partial charge in [0.05, 0.1) is 12.0 Å². The van der Waals surface area contributed by atoms with Crippen molar-refractivity contribution >= 4 is 10.9 Å². The van der Waals surface area contributed by atoms with Gasteiger partial charge in [0, 0.05) is 35.6 Å². The molecule has 0 aliphatic carbocycles. The molecular weight excluding hydrogens is 330 g/mol. The highest BCUT2D eigenvalue weighted by Crippen LogP contribution is 2.24. The number of rotatable bonds is 7. The number of ether oxygens (including phenoxy) is 2. The van der Waals surface area contributed by atoms with E-state index in [1.165, 1.54) is 0 Å². The molecule has 2 aromatic heterocycles. The van der Waals surface area contributed by atoms with Gasteiger partial charge in [0.2, 0.25) is 0 Å². The lowest BCUT2D eigenvalue weighted by atomic mass is 10.2. The molecule has 0 amide bonds. The number of hydrogen-bond donors (Lipinski definition) is 2. The third-order valence-corrected chi connectivity index (χ3v) is 4.05. The van der Waals surface area contributed by atoms with Gasteiger partial charge in [-0.1, -0.05) is 12.1 Å². The van der Waals surface area contributed by atoms with E-state index in [-0.39, 0.29) is 13.2 Å². The lowest BCUT2D eigenvalue weighted by molar-refractivity contribution is 0.0632. The molecule has 0 spiro atoms. The average Bonchev–Trinajstić information content (AvgIpc) is 3.36. The summed E-state index contributed by atoms with van der Waals surface area (Å²) in [5.74, 6) is 1.42. The Morgan fingerprint density at radius 2 is 1.96 bits per heavy atom. The van der Waals surface area contributed by atoms with Gasteiger partial charge in [-0.25, -0.2) is 4.98 Å². The van der Waals surface area contributed by atoms with Crippen molar-refractivity contribution in [3.8, 4) is 17.2 Å². The molecule has 2 aromatic carbocycles. The zero-order chi connectivity index (χ0) is 17.8. The monoisotopic (exact) mass is 349 g/mol. The summed E-state index contributed by atoms with van der Waals surface area (Å²) >= 11 is 0. The first-order valence-corrected chi connectivity index (χ1v) is 8.38. The lowest BCUT2D eigenvalue weighted by Gasteiger charge is -2.14. The lowest BCUT2D eigenvalue weighted by Crippen LogP contribution is -2.25. The maximum absolute atomic E-state index is 10.2. The Balaban J connectivity index is 1.33. The number of aliphatic hydroxyl groups is 1. The summed E-state index contributed by atoms with van der Waals surface area (Å²) in [6.07, 6.45) is 6.44. The van der Waals surface area contributed by atoms with Gasteiger partial charge < -0.3 is 24.1 Å². The highest BCUT2D eigenvalue weighted by Gasteiger charge is 2.09. The first-order chi connectivity index (χ1) is 12.8. The van der Waals surface area contributed by atoms with Crippen LogP contribution in [0.25, 0.3) is 16.6 Å². The van der Waals surface area contributed by atoms with Gasteiger partial charge in [-0.3, -0.25) is 0 Å². The fourth-order valence-electron chi connectivity index (χ4n) is 2.75. The summed E-state index contributed by atoms with van der Waals surface area (Å²) in [5.41, 5.74) is 1.95. The first-order valence-electron chi connectivity index (χ1n) is 8.38. The number of fused-ring (bicyclic) bond motifs is 1. The SMILES string of the molecule is OC(COc1cccc(-n2ccnc2)c1)COc1cccc2[nH]ccc12. The smallest absolute Gasteiger partial charge is 0.128 e. The molecule has 0 radical (unpaired) electrons. The Hall–Kier alpha value is -3.25. The average molecular weight is 349 g/mol. The van der Waals surface area contributed by atoms with Crippen molar-refractivity contribution in [1.82, 2.24) is 14.5 Å². The zero-order valence-corrected chi connectivity index (χ0v) is 14.1. The van der Waals surface area contributed by atoms with E-state index in [2.05, 4.69) is 9.97 Å². The number of nitrogens with one attached hydrogen (secondary N) is 1. The number of hydrogen-bond acceptors (Lipinski definition) is 4. The highest BCUT2D eigenvalue weighted by atomic mass is 16.5. The number of H-pyrrole nitrogens is 1. The van der Waals surface area contributed by atoms with Crippen LogP contribution in [0.1, 0.15) is 0 Å². The van der Waals surface area contributed by atoms with Crippen molar-refractivity contribution in [1.29, 1.82) is 0 Å². The molecule has 0 aliphatic rings. The molecule has 0 saturated carbocycles. The zero-order valence-electron chi connectivity index (χ0n) is 14.1. The van der Waals surface area contributed by atoms with E-state index >= 15 is 0 Å². The van der Waals surface area contributed by atoms with Crippen LogP contribution in [0.15, 0.2) is 73.4 Å². The molecule has 0 bridgehead atoms. The van der Waals surface area contributed by atoms with Crippen molar-refractivity contribution in [3.05, 3.63) is 73.4 Å². The van der Waals surface area contributed by atoms with Gasteiger partial charge in [-0.05, 0) is 30.3 Å². The van der Waals surface area contributed by atoms with E-state index in [4.69, 9.17) is 9.47 Å². The van der Waals surface area contributed by atoms with Gasteiger partial charge >= 0.3 is 0 Å². The fourth-order valence-corrected chi connectivity index (χ4v) is 2.75. The summed E-state index contributed by atoms with van der Waals surface area (Å²) in [6, 6.07) is 15.4. The van der Waals surface area contributed by atoms with Crippen molar-refractivity contribution in [3.63, 3.8) is 0 Å². The maximum Gasteiger partial charge on any atom is 0.128 e. The molecule has 1 unspecified atom stereocenters. The Labute approximate surface area is 150 Å². The molecule has 6 heteroatoms. The van der Waals surface area contributed by atoms with E-state index < -0.39 is 6.10 Å². The minimum absolute atomic E-state index is 0.149. The molecule has 132 valence electrons. The predicted octanol–water partition coefficient (Wildman–Crippen LogP) is 3.17. The van der Waals surface area contributed by atoms with Gasteiger partial charge in [0.15, 0.2) is 0 Å². The molecule has 4 aromatic rings. The summed E-state index contributed by atoms with van der Waals surface area (Å²) in [4.78, 5) is 7.17. The van der Waals surface area contributed by atoms with E-state index in [0.29, 0.717) is 5.75 Å². The summed E-state index contributed by atoms with van der Waals surface area (Å²) in [5, 5.41) is 11.2. The minimum Gasteiger partial charge on any atom is -0.491 e. The number of aromatic nitrogens is 3. The van der Waals surface area contributed by atoms with E-state index in [9.17, 15) is 5.11 Å². The van der Waals surface area contributed by atoms with E-state index in [0.717, 1.165) is 22.3 Å². The van der Waals surface area contributed by atoms with Crippen LogP contribution in [0, 0.1) is 0 Å². The van der Waals surface area contributed by atoms with Gasteiger partial charge in [-0.15, -0.1) is 0 Å². The van der Waals surface area contributed by atoms with Crippen LogP contribution in [-0.4, -0.2) is 39.0 Å². The quantitative estimate of drug-likeness (QED) is 0.537. The molecule has 0 saturated heterocycles. The van der Waals surface area contributed by atoms with Crippen LogP contribution in [0.5, 0.6) is 11.5 Å².